The molecule has 0 amide bonds. The summed E-state index contributed by atoms with van der Waals surface area (Å²) in [5.41, 5.74) is 4.51. The largest absolute Gasteiger partial charge is 0.293 e. The first-order chi connectivity index (χ1) is 12.2. The maximum absolute atomic E-state index is 4.76. The summed E-state index contributed by atoms with van der Waals surface area (Å²) in [5, 5.41) is 0. The first-order valence-electron chi connectivity index (χ1n) is 9.02. The topological polar surface area (TPSA) is 50.5 Å². The minimum Gasteiger partial charge on any atom is -0.293 e. The van der Waals surface area contributed by atoms with Gasteiger partial charge >= 0.3 is 0 Å². The lowest BCUT2D eigenvalue weighted by molar-refractivity contribution is 0.815. The van der Waals surface area contributed by atoms with E-state index in [1.54, 1.807) is 0 Å². The van der Waals surface area contributed by atoms with Gasteiger partial charge in [0.2, 0.25) is 0 Å². The predicted octanol–water partition coefficient (Wildman–Crippen LogP) is 4.21. The summed E-state index contributed by atoms with van der Waals surface area (Å²) in [7, 11) is 0. The van der Waals surface area contributed by atoms with Crippen molar-refractivity contribution in [3.63, 3.8) is 0 Å². The van der Waals surface area contributed by atoms with Crippen LogP contribution in [0.15, 0.2) is 58.8 Å². The monoisotopic (exact) mass is 336 g/mol. The molecule has 0 saturated carbocycles. The molecule has 0 aliphatic heterocycles. The molecule has 2 aromatic rings. The standard InChI is InChI=1S/C21H28N4/c1-4-21(17(2)22-15-11-19-9-5-7-13-24-19)18(3)23-16-12-20-10-6-8-14-25-20/h5-10,13-14,21H,4,11-12,15-16H2,1-3H3. The Labute approximate surface area is 151 Å². The molecule has 0 fully saturated rings. The lowest BCUT2D eigenvalue weighted by atomic mass is 9.96. The maximum atomic E-state index is 4.76. The fraction of sp³-hybridized carbons (Fsp3) is 0.429. The fourth-order valence-corrected chi connectivity index (χ4v) is 2.90. The molecule has 4 heteroatoms. The van der Waals surface area contributed by atoms with Crippen LogP contribution in [0.4, 0.5) is 0 Å². The zero-order valence-electron chi connectivity index (χ0n) is 15.5. The van der Waals surface area contributed by atoms with Crippen molar-refractivity contribution in [2.75, 3.05) is 13.1 Å². The molecule has 2 heterocycles. The van der Waals surface area contributed by atoms with Gasteiger partial charge in [-0.05, 0) is 44.5 Å². The van der Waals surface area contributed by atoms with Gasteiger partial charge in [0.15, 0.2) is 0 Å². The lowest BCUT2D eigenvalue weighted by Crippen LogP contribution is -2.20. The van der Waals surface area contributed by atoms with Gasteiger partial charge in [-0.15, -0.1) is 0 Å². The van der Waals surface area contributed by atoms with Crippen molar-refractivity contribution in [1.29, 1.82) is 0 Å². The van der Waals surface area contributed by atoms with Gasteiger partial charge in [0.1, 0.15) is 0 Å². The van der Waals surface area contributed by atoms with Crippen molar-refractivity contribution in [1.82, 2.24) is 9.97 Å². The van der Waals surface area contributed by atoms with Crippen LogP contribution in [0.25, 0.3) is 0 Å². The van der Waals surface area contributed by atoms with Gasteiger partial charge in [-0.3, -0.25) is 20.0 Å². The van der Waals surface area contributed by atoms with Crippen LogP contribution in [0, 0.1) is 5.92 Å². The summed E-state index contributed by atoms with van der Waals surface area (Å²) in [5.74, 6) is 0.326. The number of hydrogen-bond acceptors (Lipinski definition) is 4. The second-order valence-electron chi connectivity index (χ2n) is 6.15. The normalized spacial score (nSPS) is 13.7. The van der Waals surface area contributed by atoms with Gasteiger partial charge in [0.05, 0.1) is 0 Å². The molecule has 25 heavy (non-hydrogen) atoms. The van der Waals surface area contributed by atoms with Crippen molar-refractivity contribution >= 4 is 11.4 Å². The van der Waals surface area contributed by atoms with Gasteiger partial charge in [0, 0.05) is 67.1 Å². The molecule has 0 unspecified atom stereocenters. The Morgan fingerprint density at radius 2 is 1.32 bits per heavy atom. The van der Waals surface area contributed by atoms with Crippen LogP contribution in [0.2, 0.25) is 0 Å². The van der Waals surface area contributed by atoms with Crippen LogP contribution in [0.5, 0.6) is 0 Å². The molecule has 132 valence electrons. The minimum atomic E-state index is 0.326. The zero-order valence-corrected chi connectivity index (χ0v) is 15.5. The molecule has 0 saturated heterocycles. The van der Waals surface area contributed by atoms with Crippen LogP contribution < -0.4 is 0 Å². The van der Waals surface area contributed by atoms with Crippen LogP contribution in [-0.2, 0) is 12.8 Å². The molecular weight excluding hydrogens is 308 g/mol. The zero-order chi connectivity index (χ0) is 17.9. The molecule has 0 aliphatic rings. The summed E-state index contributed by atoms with van der Waals surface area (Å²) in [6, 6.07) is 12.0. The third-order valence-electron chi connectivity index (χ3n) is 4.33. The van der Waals surface area contributed by atoms with E-state index in [1.165, 1.54) is 0 Å². The molecule has 2 aromatic heterocycles. The molecular formula is C21H28N4. The smallest absolute Gasteiger partial charge is 0.0444 e. The summed E-state index contributed by atoms with van der Waals surface area (Å²) in [6.45, 7) is 7.98. The van der Waals surface area contributed by atoms with E-state index >= 15 is 0 Å². The van der Waals surface area contributed by atoms with E-state index in [9.17, 15) is 0 Å². The average molecular weight is 336 g/mol. The van der Waals surface area contributed by atoms with Crippen molar-refractivity contribution in [3.05, 3.63) is 60.2 Å². The molecule has 0 radical (unpaired) electrons. The van der Waals surface area contributed by atoms with E-state index in [2.05, 4.69) is 30.7 Å². The minimum absolute atomic E-state index is 0.326. The highest BCUT2D eigenvalue weighted by Crippen LogP contribution is 2.10. The van der Waals surface area contributed by atoms with Gasteiger partial charge in [-0.25, -0.2) is 0 Å². The Balaban J connectivity index is 1.87. The van der Waals surface area contributed by atoms with Crippen LogP contribution in [-0.4, -0.2) is 34.5 Å². The Morgan fingerprint density at radius 3 is 1.68 bits per heavy atom. The van der Waals surface area contributed by atoms with E-state index in [0.717, 1.165) is 55.2 Å². The van der Waals surface area contributed by atoms with E-state index in [-0.39, 0.29) is 0 Å². The molecule has 2 rings (SSSR count). The second kappa shape index (κ2) is 10.5. The number of hydrogen-bond donors (Lipinski definition) is 0. The van der Waals surface area contributed by atoms with Gasteiger partial charge in [-0.1, -0.05) is 19.1 Å². The molecule has 0 atom stereocenters. The molecule has 4 nitrogen and oxygen atoms in total. The van der Waals surface area contributed by atoms with E-state index < -0.39 is 0 Å². The number of pyridine rings is 2. The predicted molar refractivity (Wildman–Crippen MR) is 106 cm³/mol. The molecule has 0 aliphatic carbocycles. The van der Waals surface area contributed by atoms with Crippen molar-refractivity contribution in [3.8, 4) is 0 Å². The van der Waals surface area contributed by atoms with E-state index in [4.69, 9.17) is 9.98 Å². The van der Waals surface area contributed by atoms with Crippen LogP contribution in [0.3, 0.4) is 0 Å². The third-order valence-corrected chi connectivity index (χ3v) is 4.33. The van der Waals surface area contributed by atoms with Gasteiger partial charge in [0.25, 0.3) is 0 Å². The van der Waals surface area contributed by atoms with Crippen LogP contribution in [0.1, 0.15) is 38.6 Å². The summed E-state index contributed by atoms with van der Waals surface area (Å²) >= 11 is 0. The number of rotatable bonds is 9. The van der Waals surface area contributed by atoms with E-state index in [1.807, 2.05) is 48.8 Å². The Hall–Kier alpha value is -2.36. The number of nitrogens with zero attached hydrogens (tertiary/aromatic N) is 4. The highest BCUT2D eigenvalue weighted by molar-refractivity contribution is 6.05. The molecule has 0 spiro atoms. The quantitative estimate of drug-likeness (QED) is 0.644. The average Bonchev–Trinajstić information content (AvgIpc) is 2.64. The summed E-state index contributed by atoms with van der Waals surface area (Å²) in [6.07, 6.45) is 6.45. The van der Waals surface area contributed by atoms with E-state index in [0.29, 0.717) is 5.92 Å². The SMILES string of the molecule is CCC(C(C)=NCCc1ccccn1)C(C)=NCCc1ccccn1. The maximum Gasteiger partial charge on any atom is 0.0444 e. The first kappa shape index (κ1) is 19.0. The van der Waals surface area contributed by atoms with Crippen molar-refractivity contribution in [2.45, 2.75) is 40.0 Å². The molecule has 0 bridgehead atoms. The fourth-order valence-electron chi connectivity index (χ4n) is 2.90. The van der Waals surface area contributed by atoms with Crippen molar-refractivity contribution < 1.29 is 0 Å². The summed E-state index contributed by atoms with van der Waals surface area (Å²) < 4.78 is 0. The number of aromatic nitrogens is 2. The third kappa shape index (κ3) is 6.57. The Kier molecular flexibility index (Phi) is 7.96. The molecule has 0 N–H and O–H groups in total. The van der Waals surface area contributed by atoms with Crippen LogP contribution >= 0.6 is 0 Å². The second-order valence-corrected chi connectivity index (χ2v) is 6.15. The van der Waals surface area contributed by atoms with Gasteiger partial charge < -0.3 is 0 Å². The van der Waals surface area contributed by atoms with Crippen molar-refractivity contribution in [2.24, 2.45) is 15.9 Å². The Morgan fingerprint density at radius 1 is 0.840 bits per heavy atom. The first-order valence-corrected chi connectivity index (χ1v) is 9.02. The van der Waals surface area contributed by atoms with Gasteiger partial charge in [-0.2, -0.15) is 0 Å². The lowest BCUT2D eigenvalue weighted by Gasteiger charge is -2.15. The molecule has 0 aromatic carbocycles. The summed E-state index contributed by atoms with van der Waals surface area (Å²) in [4.78, 5) is 18.2. The number of aliphatic imine (C=N–C) groups is 2. The Bertz CT molecular complexity index is 618. The highest BCUT2D eigenvalue weighted by atomic mass is 14.8. The highest BCUT2D eigenvalue weighted by Gasteiger charge is 2.13.